The minimum Gasteiger partial charge on any atom is -0.451 e. The number of benzene rings is 1. The van der Waals surface area contributed by atoms with Gasteiger partial charge in [0.05, 0.1) is 17.3 Å². The van der Waals surface area contributed by atoms with Gasteiger partial charge >= 0.3 is 0 Å². The number of furan rings is 1. The summed E-state index contributed by atoms with van der Waals surface area (Å²) in [5, 5.41) is 2.81. The number of anilines is 1. The van der Waals surface area contributed by atoms with E-state index in [2.05, 4.69) is 26.0 Å². The Balaban J connectivity index is 2.34. The monoisotopic (exact) mass is 396 g/mol. The Morgan fingerprint density at radius 3 is 2.71 bits per heavy atom. The highest BCUT2D eigenvalue weighted by Gasteiger charge is 2.23. The third-order valence-corrected chi connectivity index (χ3v) is 5.06. The molecule has 0 spiro atoms. The molecule has 5 nitrogen and oxygen atoms in total. The van der Waals surface area contributed by atoms with Gasteiger partial charge in [0.1, 0.15) is 16.5 Å². The molecule has 21 heavy (non-hydrogen) atoms. The molecule has 2 rings (SSSR count). The second-order valence-electron chi connectivity index (χ2n) is 4.11. The predicted molar refractivity (Wildman–Crippen MR) is 81.4 cm³/mol. The Kier molecular flexibility index (Phi) is 4.92. The van der Waals surface area contributed by atoms with Crippen LogP contribution < -0.4 is 10.0 Å². The topological polar surface area (TPSA) is 71.3 Å². The first-order valence-electron chi connectivity index (χ1n) is 5.74. The largest absolute Gasteiger partial charge is 0.451 e. The van der Waals surface area contributed by atoms with Crippen LogP contribution in [0.3, 0.4) is 0 Å². The first-order valence-corrected chi connectivity index (χ1v) is 8.39. The average molecular weight is 398 g/mol. The Morgan fingerprint density at radius 2 is 2.10 bits per heavy atom. The molecule has 0 fully saturated rings. The lowest BCUT2D eigenvalue weighted by atomic mass is 10.3. The van der Waals surface area contributed by atoms with E-state index in [4.69, 9.17) is 16.0 Å². The maximum absolute atomic E-state index is 13.0. The fourth-order valence-corrected chi connectivity index (χ4v) is 3.96. The van der Waals surface area contributed by atoms with Crippen LogP contribution >= 0.6 is 27.5 Å². The second kappa shape index (κ2) is 6.35. The molecule has 114 valence electrons. The number of hydrogen-bond donors (Lipinski definition) is 2. The van der Waals surface area contributed by atoms with Crippen LogP contribution in [-0.4, -0.2) is 15.5 Å². The first kappa shape index (κ1) is 16.3. The Labute approximate surface area is 134 Å². The molecular formula is C12H11BrClFN2O3S. The van der Waals surface area contributed by atoms with Gasteiger partial charge in [0.2, 0.25) is 0 Å². The van der Waals surface area contributed by atoms with Crippen molar-refractivity contribution in [3.05, 3.63) is 45.5 Å². The highest BCUT2D eigenvalue weighted by molar-refractivity contribution is 9.10. The maximum Gasteiger partial charge on any atom is 0.266 e. The molecule has 0 saturated carbocycles. The molecule has 0 amide bonds. The summed E-state index contributed by atoms with van der Waals surface area (Å²) in [6.07, 6.45) is 0. The molecule has 1 aromatic carbocycles. The van der Waals surface area contributed by atoms with Crippen molar-refractivity contribution in [3.8, 4) is 0 Å². The molecule has 0 aliphatic rings. The van der Waals surface area contributed by atoms with E-state index < -0.39 is 15.8 Å². The Morgan fingerprint density at radius 1 is 1.38 bits per heavy atom. The highest BCUT2D eigenvalue weighted by atomic mass is 79.9. The molecule has 0 aliphatic heterocycles. The number of sulfonamides is 1. The van der Waals surface area contributed by atoms with E-state index in [0.29, 0.717) is 12.3 Å². The molecule has 2 N–H and O–H groups in total. The lowest BCUT2D eigenvalue weighted by molar-refractivity contribution is 0.470. The maximum atomic E-state index is 13.0. The summed E-state index contributed by atoms with van der Waals surface area (Å²) >= 11 is 8.87. The standard InChI is InChI=1S/C12H11BrClFN2O3S/c1-16-6-8-5-11(12(13)20-8)21(18,19)17-10-3-2-7(15)4-9(10)14/h2-5,16-17H,6H2,1H3. The number of halogens is 3. The molecule has 2 aromatic rings. The van der Waals surface area contributed by atoms with Crippen LogP contribution in [0, 0.1) is 5.82 Å². The summed E-state index contributed by atoms with van der Waals surface area (Å²) in [5.41, 5.74) is 0.0846. The van der Waals surface area contributed by atoms with Gasteiger partial charge in [-0.1, -0.05) is 11.6 Å². The summed E-state index contributed by atoms with van der Waals surface area (Å²) in [4.78, 5) is -0.0619. The molecule has 9 heteroatoms. The molecule has 1 heterocycles. The van der Waals surface area contributed by atoms with Gasteiger partial charge in [-0.25, -0.2) is 12.8 Å². The van der Waals surface area contributed by atoms with E-state index in [9.17, 15) is 12.8 Å². The van der Waals surface area contributed by atoms with E-state index in [-0.39, 0.29) is 20.3 Å². The third-order valence-electron chi connectivity index (χ3n) is 2.52. The highest BCUT2D eigenvalue weighted by Crippen LogP contribution is 2.30. The van der Waals surface area contributed by atoms with Crippen molar-refractivity contribution in [3.63, 3.8) is 0 Å². The lowest BCUT2D eigenvalue weighted by Crippen LogP contribution is -2.13. The number of hydrogen-bond acceptors (Lipinski definition) is 4. The molecule has 0 aliphatic carbocycles. The van der Waals surface area contributed by atoms with Crippen molar-refractivity contribution in [1.29, 1.82) is 0 Å². The van der Waals surface area contributed by atoms with E-state index >= 15 is 0 Å². The molecule has 1 aromatic heterocycles. The van der Waals surface area contributed by atoms with E-state index in [0.717, 1.165) is 12.1 Å². The zero-order valence-electron chi connectivity index (χ0n) is 10.8. The lowest BCUT2D eigenvalue weighted by Gasteiger charge is -2.08. The van der Waals surface area contributed by atoms with Crippen LogP contribution in [0.15, 0.2) is 38.2 Å². The van der Waals surface area contributed by atoms with Gasteiger partial charge in [0, 0.05) is 6.07 Å². The van der Waals surface area contributed by atoms with Crippen molar-refractivity contribution < 1.29 is 17.2 Å². The van der Waals surface area contributed by atoms with Crippen molar-refractivity contribution in [1.82, 2.24) is 5.32 Å². The van der Waals surface area contributed by atoms with E-state index in [1.165, 1.54) is 12.1 Å². The molecule has 0 radical (unpaired) electrons. The van der Waals surface area contributed by atoms with Gasteiger partial charge in [-0.15, -0.1) is 0 Å². The van der Waals surface area contributed by atoms with E-state index in [1.807, 2.05) is 0 Å². The fraction of sp³-hybridized carbons (Fsp3) is 0.167. The molecular weight excluding hydrogens is 387 g/mol. The second-order valence-corrected chi connectivity index (χ2v) is 6.89. The number of nitrogens with one attached hydrogen (secondary N) is 2. The minimum atomic E-state index is -3.90. The van der Waals surface area contributed by atoms with E-state index in [1.54, 1.807) is 7.05 Å². The third kappa shape index (κ3) is 3.76. The summed E-state index contributed by atoms with van der Waals surface area (Å²) < 4.78 is 45.2. The van der Waals surface area contributed by atoms with Crippen molar-refractivity contribution in [2.24, 2.45) is 0 Å². The SMILES string of the molecule is CNCc1cc(S(=O)(=O)Nc2ccc(F)cc2Cl)c(Br)o1. The number of rotatable bonds is 5. The Hall–Kier alpha value is -1.09. The molecule has 0 unspecified atom stereocenters. The summed E-state index contributed by atoms with van der Waals surface area (Å²) in [5.74, 6) is -0.0984. The predicted octanol–water partition coefficient (Wildman–Crippen LogP) is 3.35. The summed E-state index contributed by atoms with van der Waals surface area (Å²) in [6.45, 7) is 0.380. The molecule has 0 saturated heterocycles. The molecule has 0 bridgehead atoms. The van der Waals surface area contributed by atoms with Crippen LogP contribution in [0.25, 0.3) is 0 Å². The normalized spacial score (nSPS) is 11.6. The van der Waals surface area contributed by atoms with Gasteiger partial charge < -0.3 is 9.73 Å². The zero-order valence-corrected chi connectivity index (χ0v) is 13.9. The van der Waals surface area contributed by atoms with Crippen molar-refractivity contribution >= 4 is 43.2 Å². The van der Waals surface area contributed by atoms with Crippen LogP contribution in [0.4, 0.5) is 10.1 Å². The Bertz CT molecular complexity index is 764. The first-order chi connectivity index (χ1) is 9.83. The van der Waals surface area contributed by atoms with Crippen LogP contribution in [0.1, 0.15) is 5.76 Å². The summed E-state index contributed by atoms with van der Waals surface area (Å²) in [7, 11) is -2.19. The van der Waals surface area contributed by atoms with Gasteiger partial charge in [0.25, 0.3) is 10.0 Å². The van der Waals surface area contributed by atoms with Crippen LogP contribution in [-0.2, 0) is 16.6 Å². The quantitative estimate of drug-likeness (QED) is 0.811. The average Bonchev–Trinajstić information content (AvgIpc) is 2.75. The van der Waals surface area contributed by atoms with Crippen LogP contribution in [0.5, 0.6) is 0 Å². The van der Waals surface area contributed by atoms with Gasteiger partial charge in [-0.2, -0.15) is 0 Å². The van der Waals surface area contributed by atoms with Gasteiger partial charge in [0.15, 0.2) is 4.67 Å². The van der Waals surface area contributed by atoms with Crippen LogP contribution in [0.2, 0.25) is 5.02 Å². The zero-order chi connectivity index (χ0) is 15.6. The van der Waals surface area contributed by atoms with Gasteiger partial charge in [-0.05, 0) is 41.2 Å². The molecule has 0 atom stereocenters. The van der Waals surface area contributed by atoms with Gasteiger partial charge in [-0.3, -0.25) is 4.72 Å². The fourth-order valence-electron chi connectivity index (χ4n) is 1.61. The minimum absolute atomic E-state index is 0.0337. The van der Waals surface area contributed by atoms with Crippen molar-refractivity contribution in [2.75, 3.05) is 11.8 Å². The summed E-state index contributed by atoms with van der Waals surface area (Å²) in [6, 6.07) is 4.77. The smallest absolute Gasteiger partial charge is 0.266 e. The van der Waals surface area contributed by atoms with Crippen molar-refractivity contribution in [2.45, 2.75) is 11.4 Å².